The molecule has 7 nitrogen and oxygen atoms in total. The molecule has 1 N–H and O–H groups in total. The number of hydrogen-bond donors (Lipinski definition) is 1. The Labute approximate surface area is 183 Å². The lowest BCUT2D eigenvalue weighted by Crippen LogP contribution is -2.45. The van der Waals surface area contributed by atoms with Gasteiger partial charge in [-0.15, -0.1) is 0 Å². The quantitative estimate of drug-likeness (QED) is 0.555. The molecule has 1 aromatic heterocycles. The van der Waals surface area contributed by atoms with E-state index in [0.717, 1.165) is 5.56 Å². The van der Waals surface area contributed by atoms with E-state index in [0.29, 0.717) is 24.9 Å². The third-order valence-corrected chi connectivity index (χ3v) is 4.48. The van der Waals surface area contributed by atoms with Gasteiger partial charge < -0.3 is 19.4 Å². The first-order valence-corrected chi connectivity index (χ1v) is 10.6. The van der Waals surface area contributed by atoms with Crippen LogP contribution in [0.4, 0.5) is 0 Å². The number of esters is 1. The largest absolute Gasteiger partial charge is 0.459 e. The van der Waals surface area contributed by atoms with Crippen molar-refractivity contribution in [2.45, 2.75) is 40.2 Å². The summed E-state index contributed by atoms with van der Waals surface area (Å²) in [4.78, 5) is 39.6. The average molecular weight is 429 g/mol. The topological polar surface area (TPSA) is 88.9 Å². The number of nitrogens with zero attached hydrogens (tertiary/aromatic N) is 1. The Morgan fingerprint density at radius 3 is 2.16 bits per heavy atom. The molecule has 0 spiro atoms. The van der Waals surface area contributed by atoms with Crippen LogP contribution in [0.25, 0.3) is 0 Å². The van der Waals surface area contributed by atoms with Crippen LogP contribution in [0.3, 0.4) is 0 Å². The van der Waals surface area contributed by atoms with Crippen molar-refractivity contribution >= 4 is 17.8 Å². The fourth-order valence-electron chi connectivity index (χ4n) is 3.16. The Kier molecular flexibility index (Phi) is 9.31. The van der Waals surface area contributed by atoms with Gasteiger partial charge >= 0.3 is 5.97 Å². The van der Waals surface area contributed by atoms with E-state index in [1.54, 1.807) is 11.0 Å². The van der Waals surface area contributed by atoms with Crippen LogP contribution in [0.1, 0.15) is 43.8 Å². The third-order valence-electron chi connectivity index (χ3n) is 4.48. The number of ether oxygens (including phenoxy) is 1. The van der Waals surface area contributed by atoms with Gasteiger partial charge in [-0.25, -0.2) is 4.79 Å². The molecule has 1 aromatic carbocycles. The average Bonchev–Trinajstić information content (AvgIpc) is 3.26. The minimum atomic E-state index is -0.948. The summed E-state index contributed by atoms with van der Waals surface area (Å²) in [5.74, 6) is -0.719. The van der Waals surface area contributed by atoms with Crippen LogP contribution in [0, 0.1) is 11.8 Å². The molecule has 0 aliphatic heterocycles. The predicted octanol–water partition coefficient (Wildman–Crippen LogP) is 3.30. The normalized spacial score (nSPS) is 11.9. The van der Waals surface area contributed by atoms with Gasteiger partial charge in [-0.1, -0.05) is 58.0 Å². The van der Waals surface area contributed by atoms with E-state index in [9.17, 15) is 14.4 Å². The van der Waals surface area contributed by atoms with Gasteiger partial charge in [0, 0.05) is 19.5 Å². The van der Waals surface area contributed by atoms with Crippen LogP contribution in [0.15, 0.2) is 53.1 Å². The Morgan fingerprint density at radius 1 is 0.968 bits per heavy atom. The van der Waals surface area contributed by atoms with Crippen molar-refractivity contribution in [3.63, 3.8) is 0 Å². The van der Waals surface area contributed by atoms with E-state index >= 15 is 0 Å². The molecule has 0 radical (unpaired) electrons. The highest BCUT2D eigenvalue weighted by molar-refractivity contribution is 5.94. The summed E-state index contributed by atoms with van der Waals surface area (Å²) < 4.78 is 10.4. The van der Waals surface area contributed by atoms with Gasteiger partial charge in [-0.05, 0) is 29.5 Å². The zero-order chi connectivity index (χ0) is 22.8. The first kappa shape index (κ1) is 24.2. The third kappa shape index (κ3) is 8.28. The number of hydrogen-bond acceptors (Lipinski definition) is 5. The van der Waals surface area contributed by atoms with Crippen LogP contribution < -0.4 is 5.32 Å². The highest BCUT2D eigenvalue weighted by atomic mass is 16.5. The van der Waals surface area contributed by atoms with Crippen LogP contribution in [-0.2, 0) is 20.7 Å². The van der Waals surface area contributed by atoms with Crippen molar-refractivity contribution in [1.29, 1.82) is 0 Å². The summed E-state index contributed by atoms with van der Waals surface area (Å²) in [5, 5.41) is 2.65. The van der Waals surface area contributed by atoms with E-state index in [-0.39, 0.29) is 24.7 Å². The van der Waals surface area contributed by atoms with Gasteiger partial charge in [0.2, 0.25) is 0 Å². The number of benzene rings is 1. The monoisotopic (exact) mass is 428 g/mol. The van der Waals surface area contributed by atoms with E-state index < -0.39 is 17.9 Å². The molecule has 2 amide bonds. The number of amides is 2. The van der Waals surface area contributed by atoms with Crippen LogP contribution in [0.5, 0.6) is 0 Å². The number of carbonyl (C=O) groups is 3. The van der Waals surface area contributed by atoms with E-state index in [1.807, 2.05) is 58.0 Å². The molecular weight excluding hydrogens is 396 g/mol. The summed E-state index contributed by atoms with van der Waals surface area (Å²) in [5.41, 5.74) is 0.858. The molecule has 0 aliphatic rings. The van der Waals surface area contributed by atoms with E-state index in [2.05, 4.69) is 5.32 Å². The van der Waals surface area contributed by atoms with Crippen molar-refractivity contribution in [2.24, 2.45) is 11.8 Å². The smallest absolute Gasteiger partial charge is 0.329 e. The lowest BCUT2D eigenvalue weighted by atomic mass is 10.1. The van der Waals surface area contributed by atoms with Gasteiger partial charge in [0.25, 0.3) is 11.8 Å². The second kappa shape index (κ2) is 11.9. The molecule has 2 aromatic rings. The maximum atomic E-state index is 12.8. The Hall–Kier alpha value is -3.09. The van der Waals surface area contributed by atoms with Crippen LogP contribution in [-0.4, -0.2) is 48.4 Å². The summed E-state index contributed by atoms with van der Waals surface area (Å²) in [6.07, 6.45) is 1.62. The molecule has 2 rings (SSSR count). The molecule has 0 saturated heterocycles. The predicted molar refractivity (Wildman–Crippen MR) is 117 cm³/mol. The summed E-state index contributed by atoms with van der Waals surface area (Å²) in [6, 6.07) is 11.5. The molecule has 0 unspecified atom stereocenters. The lowest BCUT2D eigenvalue weighted by molar-refractivity contribution is -0.154. The summed E-state index contributed by atoms with van der Waals surface area (Å²) in [7, 11) is 0. The van der Waals surface area contributed by atoms with E-state index in [4.69, 9.17) is 9.15 Å². The summed E-state index contributed by atoms with van der Waals surface area (Å²) in [6.45, 7) is 8.97. The number of furan rings is 1. The molecule has 0 saturated carbocycles. The first-order valence-electron chi connectivity index (χ1n) is 10.6. The van der Waals surface area contributed by atoms with Crippen LogP contribution >= 0.6 is 0 Å². The molecule has 31 heavy (non-hydrogen) atoms. The van der Waals surface area contributed by atoms with Gasteiger partial charge in [0.1, 0.15) is 6.04 Å². The van der Waals surface area contributed by atoms with Gasteiger partial charge in [0.05, 0.1) is 6.26 Å². The van der Waals surface area contributed by atoms with Crippen LogP contribution in [0.2, 0.25) is 0 Å². The summed E-state index contributed by atoms with van der Waals surface area (Å²) >= 11 is 0. The van der Waals surface area contributed by atoms with E-state index in [1.165, 1.54) is 12.3 Å². The molecular formula is C24H32N2O5. The Bertz CT molecular complexity index is 821. The lowest BCUT2D eigenvalue weighted by Gasteiger charge is -2.26. The maximum Gasteiger partial charge on any atom is 0.329 e. The number of rotatable bonds is 11. The molecule has 1 atom stereocenters. The minimum absolute atomic E-state index is 0.0991. The molecule has 0 bridgehead atoms. The van der Waals surface area contributed by atoms with Crippen molar-refractivity contribution in [3.05, 3.63) is 60.1 Å². The van der Waals surface area contributed by atoms with Gasteiger partial charge in [0.15, 0.2) is 12.4 Å². The minimum Gasteiger partial charge on any atom is -0.459 e. The van der Waals surface area contributed by atoms with Crippen molar-refractivity contribution in [1.82, 2.24) is 10.2 Å². The molecule has 0 fully saturated rings. The fourth-order valence-corrected chi connectivity index (χ4v) is 3.16. The Morgan fingerprint density at radius 2 is 1.61 bits per heavy atom. The van der Waals surface area contributed by atoms with Gasteiger partial charge in [-0.2, -0.15) is 0 Å². The highest BCUT2D eigenvalue weighted by Crippen LogP contribution is 2.09. The van der Waals surface area contributed by atoms with Gasteiger partial charge in [-0.3, -0.25) is 9.59 Å². The first-order chi connectivity index (χ1) is 14.8. The molecule has 0 aliphatic carbocycles. The van der Waals surface area contributed by atoms with Crippen molar-refractivity contribution in [3.8, 4) is 0 Å². The molecule has 168 valence electrons. The zero-order valence-corrected chi connectivity index (χ0v) is 18.7. The Balaban J connectivity index is 2.05. The fraction of sp³-hybridized carbons (Fsp3) is 0.458. The zero-order valence-electron chi connectivity index (χ0n) is 18.7. The molecule has 1 heterocycles. The maximum absolute atomic E-state index is 12.8. The second-order valence-electron chi connectivity index (χ2n) is 8.39. The van der Waals surface area contributed by atoms with Crippen molar-refractivity contribution < 1.29 is 23.5 Å². The molecule has 7 heteroatoms. The number of carbonyl (C=O) groups excluding carboxylic acids is 3. The SMILES string of the molecule is CC(C)CN(CC(C)C)C(=O)COC(=O)[C@H](Cc1ccccc1)NC(=O)c1ccco1. The van der Waals surface area contributed by atoms with Crippen molar-refractivity contribution in [2.75, 3.05) is 19.7 Å². The standard InChI is InChI=1S/C24H32N2O5/c1-17(2)14-26(15-18(3)4)22(27)16-31-24(29)20(13-19-9-6-5-7-10-19)25-23(28)21-11-8-12-30-21/h5-12,17-18,20H,13-16H2,1-4H3,(H,25,28)/t20-/m0/s1. The second-order valence-corrected chi connectivity index (χ2v) is 8.39. The highest BCUT2D eigenvalue weighted by Gasteiger charge is 2.26. The number of nitrogens with one attached hydrogen (secondary N) is 1.